The fraction of sp³-hybridized carbons (Fsp3) is 0.217. The Labute approximate surface area is 184 Å². The first kappa shape index (κ1) is 19.5. The minimum absolute atomic E-state index is 0.152. The maximum atomic E-state index is 13.7. The highest BCUT2D eigenvalue weighted by Crippen LogP contribution is 2.39. The number of halogens is 1. The summed E-state index contributed by atoms with van der Waals surface area (Å²) >= 11 is 6.40. The smallest absolute Gasteiger partial charge is 0.267 e. The molecular formula is C23H21ClN6O. The van der Waals surface area contributed by atoms with Crippen LogP contribution in [0.5, 0.6) is 0 Å². The second-order valence-corrected chi connectivity index (χ2v) is 8.11. The van der Waals surface area contributed by atoms with Crippen molar-refractivity contribution in [3.8, 4) is 5.69 Å². The highest BCUT2D eigenvalue weighted by molar-refractivity contribution is 6.35. The van der Waals surface area contributed by atoms with Gasteiger partial charge in [0.2, 0.25) is 5.95 Å². The molecule has 156 valence electrons. The maximum Gasteiger partial charge on any atom is 0.267 e. The Morgan fingerprint density at radius 1 is 1.03 bits per heavy atom. The minimum Gasteiger partial charge on any atom is -0.368 e. The largest absolute Gasteiger partial charge is 0.368 e. The third kappa shape index (κ3) is 3.31. The van der Waals surface area contributed by atoms with Gasteiger partial charge in [-0.25, -0.2) is 9.97 Å². The normalized spacial score (nSPS) is 18.6. The molecule has 5 rings (SSSR count). The van der Waals surface area contributed by atoms with Gasteiger partial charge in [0.15, 0.2) is 0 Å². The molecule has 0 amide bonds. The summed E-state index contributed by atoms with van der Waals surface area (Å²) in [4.78, 5) is 29.3. The molecule has 8 heteroatoms. The van der Waals surface area contributed by atoms with Gasteiger partial charge in [-0.2, -0.15) is 4.98 Å². The van der Waals surface area contributed by atoms with Gasteiger partial charge in [0.05, 0.1) is 27.7 Å². The molecule has 0 unspecified atom stereocenters. The Morgan fingerprint density at radius 3 is 2.61 bits per heavy atom. The summed E-state index contributed by atoms with van der Waals surface area (Å²) in [5, 5.41) is 0.812. The Kier molecular flexibility index (Phi) is 4.82. The summed E-state index contributed by atoms with van der Waals surface area (Å²) in [7, 11) is 0. The average molecular weight is 433 g/mol. The van der Waals surface area contributed by atoms with Gasteiger partial charge in [0.1, 0.15) is 11.6 Å². The topological polar surface area (TPSA) is 89.9 Å². The number of hydrogen-bond acceptors (Lipinski definition) is 6. The van der Waals surface area contributed by atoms with E-state index in [2.05, 4.69) is 21.8 Å². The number of aromatic nitrogens is 4. The molecule has 1 fully saturated rings. The molecule has 0 spiro atoms. The molecular weight excluding hydrogens is 412 g/mol. The van der Waals surface area contributed by atoms with E-state index in [1.54, 1.807) is 16.8 Å². The van der Waals surface area contributed by atoms with Crippen molar-refractivity contribution in [2.75, 3.05) is 10.6 Å². The van der Waals surface area contributed by atoms with Crippen LogP contribution in [-0.2, 0) is 0 Å². The first-order chi connectivity index (χ1) is 15.0. The van der Waals surface area contributed by atoms with Crippen molar-refractivity contribution in [3.63, 3.8) is 0 Å². The van der Waals surface area contributed by atoms with Crippen molar-refractivity contribution in [1.82, 2.24) is 19.5 Å². The van der Waals surface area contributed by atoms with E-state index in [1.807, 2.05) is 48.5 Å². The van der Waals surface area contributed by atoms with Gasteiger partial charge in [-0.1, -0.05) is 35.9 Å². The summed E-state index contributed by atoms with van der Waals surface area (Å²) in [5.41, 5.74) is 7.01. The fourth-order valence-electron chi connectivity index (χ4n) is 4.39. The molecule has 0 radical (unpaired) electrons. The molecule has 1 aliphatic rings. The van der Waals surface area contributed by atoms with Crippen molar-refractivity contribution < 1.29 is 0 Å². The summed E-state index contributed by atoms with van der Waals surface area (Å²) in [6.07, 6.45) is 3.42. The van der Waals surface area contributed by atoms with Gasteiger partial charge in [0.25, 0.3) is 5.56 Å². The van der Waals surface area contributed by atoms with Gasteiger partial charge < -0.3 is 10.6 Å². The van der Waals surface area contributed by atoms with Gasteiger partial charge >= 0.3 is 0 Å². The van der Waals surface area contributed by atoms with Crippen LogP contribution in [0.1, 0.15) is 31.6 Å². The zero-order valence-electron chi connectivity index (χ0n) is 16.9. The number of nitrogen functional groups attached to an aromatic ring is 1. The third-order valence-electron chi connectivity index (χ3n) is 5.78. The first-order valence-corrected chi connectivity index (χ1v) is 10.6. The average Bonchev–Trinajstić information content (AvgIpc) is 3.15. The number of rotatable bonds is 3. The van der Waals surface area contributed by atoms with Crippen molar-refractivity contribution in [3.05, 3.63) is 82.0 Å². The number of benzene rings is 2. The lowest BCUT2D eigenvalue weighted by Gasteiger charge is -2.30. The molecule has 7 nitrogen and oxygen atoms in total. The van der Waals surface area contributed by atoms with Crippen LogP contribution in [0.25, 0.3) is 16.6 Å². The van der Waals surface area contributed by atoms with Gasteiger partial charge in [-0.15, -0.1) is 0 Å². The van der Waals surface area contributed by atoms with Crippen LogP contribution in [0.2, 0.25) is 5.02 Å². The summed E-state index contributed by atoms with van der Waals surface area (Å²) in [6.45, 7) is 2.14. The molecule has 1 aliphatic heterocycles. The van der Waals surface area contributed by atoms with E-state index in [9.17, 15) is 4.79 Å². The Morgan fingerprint density at radius 2 is 1.84 bits per heavy atom. The van der Waals surface area contributed by atoms with Crippen LogP contribution >= 0.6 is 11.6 Å². The van der Waals surface area contributed by atoms with Gasteiger partial charge in [-0.05, 0) is 50.1 Å². The summed E-state index contributed by atoms with van der Waals surface area (Å²) in [5.74, 6) is 1.60. The van der Waals surface area contributed by atoms with E-state index in [0.29, 0.717) is 21.7 Å². The van der Waals surface area contributed by atoms with E-state index in [4.69, 9.17) is 22.3 Å². The van der Waals surface area contributed by atoms with Crippen LogP contribution in [0.15, 0.2) is 65.6 Å². The molecule has 0 aliphatic carbocycles. The lowest BCUT2D eigenvalue weighted by atomic mass is 10.1. The molecule has 3 heterocycles. The lowest BCUT2D eigenvalue weighted by molar-refractivity contribution is 0.616. The zero-order valence-corrected chi connectivity index (χ0v) is 17.7. The van der Waals surface area contributed by atoms with Gasteiger partial charge in [-0.3, -0.25) is 9.36 Å². The third-order valence-corrected chi connectivity index (χ3v) is 6.09. The molecule has 31 heavy (non-hydrogen) atoms. The van der Waals surface area contributed by atoms with Crippen molar-refractivity contribution in [2.24, 2.45) is 0 Å². The van der Waals surface area contributed by atoms with E-state index in [0.717, 1.165) is 24.3 Å². The van der Waals surface area contributed by atoms with Crippen LogP contribution in [-0.4, -0.2) is 25.6 Å². The van der Waals surface area contributed by atoms with Crippen molar-refractivity contribution in [1.29, 1.82) is 0 Å². The van der Waals surface area contributed by atoms with E-state index >= 15 is 0 Å². The first-order valence-electron chi connectivity index (χ1n) is 10.2. The molecule has 0 bridgehead atoms. The van der Waals surface area contributed by atoms with Crippen molar-refractivity contribution in [2.45, 2.75) is 31.8 Å². The number of nitrogens with zero attached hydrogens (tertiary/aromatic N) is 5. The molecule has 2 atom stereocenters. The highest BCUT2D eigenvalue weighted by atomic mass is 35.5. The Balaban J connectivity index is 1.78. The molecule has 2 aromatic heterocycles. The second-order valence-electron chi connectivity index (χ2n) is 7.70. The quantitative estimate of drug-likeness (QED) is 0.523. The summed E-state index contributed by atoms with van der Waals surface area (Å²) in [6, 6.07) is 16.8. The van der Waals surface area contributed by atoms with E-state index in [1.165, 1.54) is 0 Å². The predicted octanol–water partition coefficient (Wildman–Crippen LogP) is 4.14. The van der Waals surface area contributed by atoms with E-state index < -0.39 is 0 Å². The number of nitrogens with two attached hydrogens (primary N) is 1. The second kappa shape index (κ2) is 7.67. The molecule has 1 saturated heterocycles. The highest BCUT2D eigenvalue weighted by Gasteiger charge is 2.36. The van der Waals surface area contributed by atoms with Crippen LogP contribution in [0.3, 0.4) is 0 Å². The maximum absolute atomic E-state index is 13.7. The Hall–Kier alpha value is -3.45. The molecule has 2 aromatic carbocycles. The van der Waals surface area contributed by atoms with Gasteiger partial charge in [0, 0.05) is 12.2 Å². The van der Waals surface area contributed by atoms with Crippen molar-refractivity contribution >= 4 is 34.3 Å². The standard InChI is InChI=1S/C23H21ClN6O/c1-14-10-11-18(29(14)19-12-13-26-23(25)28-19)21-27-17-9-5-8-16(24)20(17)22(31)30(21)15-6-3-2-4-7-15/h2-9,12-14,18H,10-11H2,1H3,(H2,25,26,28)/t14-,18-/m0/s1. The number of fused-ring (bicyclic) bond motifs is 1. The lowest BCUT2D eigenvalue weighted by Crippen LogP contribution is -2.35. The SMILES string of the molecule is C[C@H]1CC[C@@H](c2nc3cccc(Cl)c3c(=O)n2-c2ccccc2)N1c1ccnc(N)n1. The molecule has 2 N–H and O–H groups in total. The number of hydrogen-bond donors (Lipinski definition) is 1. The molecule has 4 aromatic rings. The van der Waals surface area contributed by atoms with Crippen LogP contribution in [0.4, 0.5) is 11.8 Å². The summed E-state index contributed by atoms with van der Waals surface area (Å²) < 4.78 is 1.68. The fourth-order valence-corrected chi connectivity index (χ4v) is 4.64. The molecule has 0 saturated carbocycles. The number of anilines is 2. The minimum atomic E-state index is -0.182. The predicted molar refractivity (Wildman–Crippen MR) is 123 cm³/mol. The van der Waals surface area contributed by atoms with Crippen LogP contribution < -0.4 is 16.2 Å². The Bertz CT molecular complexity index is 1320. The number of para-hydroxylation sites is 1. The monoisotopic (exact) mass is 432 g/mol. The van der Waals surface area contributed by atoms with E-state index in [-0.39, 0.29) is 23.6 Å². The van der Waals surface area contributed by atoms with Crippen LogP contribution in [0, 0.1) is 0 Å². The zero-order chi connectivity index (χ0) is 21.5.